The molecular weight excluding hydrogens is 359 g/mol. The van der Waals surface area contributed by atoms with Crippen molar-refractivity contribution in [3.8, 4) is 6.07 Å². The molecule has 0 atom stereocenters. The zero-order valence-electron chi connectivity index (χ0n) is 11.3. The molecule has 1 aliphatic carbocycles. The van der Waals surface area contributed by atoms with Crippen LogP contribution in [0.15, 0.2) is 16.6 Å². The highest BCUT2D eigenvalue weighted by Crippen LogP contribution is 2.46. The minimum atomic E-state index is -3.50. The lowest BCUT2D eigenvalue weighted by Gasteiger charge is -2.29. The number of nitrogens with zero attached hydrogens (tertiary/aromatic N) is 2. The van der Waals surface area contributed by atoms with Crippen molar-refractivity contribution in [1.29, 1.82) is 5.26 Å². The second kappa shape index (κ2) is 5.04. The van der Waals surface area contributed by atoms with Crippen LogP contribution in [0, 0.1) is 22.6 Å². The molecule has 0 aromatic heterocycles. The van der Waals surface area contributed by atoms with Gasteiger partial charge in [0, 0.05) is 17.6 Å². The van der Waals surface area contributed by atoms with Crippen molar-refractivity contribution in [3.63, 3.8) is 0 Å². The highest BCUT2D eigenvalue weighted by molar-refractivity contribution is 9.10. The molecule has 3 rings (SSSR count). The summed E-state index contributed by atoms with van der Waals surface area (Å²) in [5.41, 5.74) is 0.571. The van der Waals surface area contributed by atoms with Gasteiger partial charge in [-0.15, -0.1) is 0 Å². The molecule has 1 aliphatic heterocycles. The Morgan fingerprint density at radius 2 is 2.10 bits per heavy atom. The Kier molecular flexibility index (Phi) is 3.59. The first-order valence-corrected chi connectivity index (χ1v) is 9.12. The average molecular weight is 373 g/mol. The largest absolute Gasteiger partial charge is 0.215 e. The maximum absolute atomic E-state index is 13.8. The van der Waals surface area contributed by atoms with Crippen LogP contribution in [0.3, 0.4) is 0 Å². The molecule has 7 heteroatoms. The topological polar surface area (TPSA) is 61.2 Å². The van der Waals surface area contributed by atoms with E-state index in [9.17, 15) is 12.8 Å². The van der Waals surface area contributed by atoms with Gasteiger partial charge in [-0.25, -0.2) is 12.8 Å². The van der Waals surface area contributed by atoms with Crippen LogP contribution in [0.4, 0.5) is 4.39 Å². The Hall–Kier alpha value is -0.970. The van der Waals surface area contributed by atoms with E-state index >= 15 is 0 Å². The molecule has 1 fully saturated rings. The van der Waals surface area contributed by atoms with Crippen molar-refractivity contribution in [3.05, 3.63) is 33.5 Å². The Balaban J connectivity index is 1.86. The first-order valence-electron chi connectivity index (χ1n) is 6.72. The number of hydrogen-bond acceptors (Lipinski definition) is 3. The Bertz CT molecular complexity index is 738. The van der Waals surface area contributed by atoms with Gasteiger partial charge in [0.1, 0.15) is 5.82 Å². The quantitative estimate of drug-likeness (QED) is 0.818. The highest BCUT2D eigenvalue weighted by Gasteiger charge is 2.48. The van der Waals surface area contributed by atoms with Crippen LogP contribution in [0.1, 0.15) is 24.0 Å². The zero-order valence-corrected chi connectivity index (χ0v) is 13.7. The normalized spacial score (nSPS) is 20.6. The molecule has 4 nitrogen and oxygen atoms in total. The van der Waals surface area contributed by atoms with Gasteiger partial charge in [0.25, 0.3) is 0 Å². The summed E-state index contributed by atoms with van der Waals surface area (Å²) in [7, 11) is -3.50. The van der Waals surface area contributed by atoms with E-state index in [1.165, 1.54) is 10.4 Å². The molecule has 0 unspecified atom stereocenters. The summed E-state index contributed by atoms with van der Waals surface area (Å²) in [6.45, 7) is 0.432. The number of sulfonamides is 1. The molecule has 0 spiro atoms. The third-order valence-electron chi connectivity index (χ3n) is 4.21. The monoisotopic (exact) mass is 372 g/mol. The van der Waals surface area contributed by atoms with Crippen molar-refractivity contribution < 1.29 is 12.8 Å². The van der Waals surface area contributed by atoms with Crippen LogP contribution in [0.5, 0.6) is 0 Å². The maximum Gasteiger partial charge on any atom is 0.215 e. The van der Waals surface area contributed by atoms with Gasteiger partial charge >= 0.3 is 0 Å². The molecular formula is C14H14BrFN2O2S. The first-order chi connectivity index (χ1) is 9.87. The van der Waals surface area contributed by atoms with Gasteiger partial charge in [-0.1, -0.05) is 15.9 Å². The summed E-state index contributed by atoms with van der Waals surface area (Å²) < 4.78 is 40.8. The zero-order chi connectivity index (χ0) is 15.3. The Morgan fingerprint density at radius 1 is 1.38 bits per heavy atom. The van der Waals surface area contributed by atoms with Crippen molar-refractivity contribution in [2.75, 3.05) is 12.3 Å². The van der Waals surface area contributed by atoms with Crippen molar-refractivity contribution >= 4 is 26.0 Å². The predicted molar refractivity (Wildman–Crippen MR) is 79.3 cm³/mol. The molecule has 0 radical (unpaired) electrons. The predicted octanol–water partition coefficient (Wildman–Crippen LogP) is 2.58. The molecule has 0 saturated heterocycles. The van der Waals surface area contributed by atoms with E-state index in [0.717, 1.165) is 4.47 Å². The van der Waals surface area contributed by atoms with Crippen molar-refractivity contribution in [2.45, 2.75) is 25.8 Å². The summed E-state index contributed by atoms with van der Waals surface area (Å²) in [4.78, 5) is 0. The average Bonchev–Trinajstić information content (AvgIpc) is 3.22. The number of benzene rings is 1. The van der Waals surface area contributed by atoms with Gasteiger partial charge in [0.2, 0.25) is 10.0 Å². The molecule has 21 heavy (non-hydrogen) atoms. The van der Waals surface area contributed by atoms with E-state index in [-0.39, 0.29) is 24.7 Å². The van der Waals surface area contributed by atoms with Gasteiger partial charge in [-0.3, -0.25) is 0 Å². The minimum absolute atomic E-state index is 0.126. The van der Waals surface area contributed by atoms with Crippen LogP contribution in [-0.4, -0.2) is 25.0 Å². The number of hydrogen-bond donors (Lipinski definition) is 0. The summed E-state index contributed by atoms with van der Waals surface area (Å²) in [5, 5.41) is 9.07. The Labute approximate surface area is 131 Å². The number of nitriles is 1. The number of fused-ring (bicyclic) bond motifs is 1. The highest BCUT2D eigenvalue weighted by atomic mass is 79.9. The summed E-state index contributed by atoms with van der Waals surface area (Å²) in [5.74, 6) is -0.417. The van der Waals surface area contributed by atoms with Crippen LogP contribution < -0.4 is 0 Å². The summed E-state index contributed by atoms with van der Waals surface area (Å²) in [6, 6.07) is 5.10. The van der Waals surface area contributed by atoms with E-state index in [0.29, 0.717) is 30.4 Å². The fourth-order valence-corrected chi connectivity index (χ4v) is 5.11. The summed E-state index contributed by atoms with van der Waals surface area (Å²) in [6.07, 6.45) is 1.65. The van der Waals surface area contributed by atoms with E-state index in [2.05, 4.69) is 22.0 Å². The molecule has 0 N–H and O–H groups in total. The van der Waals surface area contributed by atoms with Crippen LogP contribution in [-0.2, 0) is 23.0 Å². The van der Waals surface area contributed by atoms with Crippen molar-refractivity contribution in [2.24, 2.45) is 5.41 Å². The lowest BCUT2D eigenvalue weighted by molar-refractivity contribution is 0.381. The number of rotatable bonds is 3. The van der Waals surface area contributed by atoms with Gasteiger partial charge in [-0.05, 0) is 42.5 Å². The Morgan fingerprint density at radius 3 is 2.71 bits per heavy atom. The van der Waals surface area contributed by atoms with Gasteiger partial charge in [0.05, 0.1) is 17.2 Å². The molecule has 112 valence electrons. The molecule has 2 aliphatic rings. The van der Waals surface area contributed by atoms with Gasteiger partial charge in [-0.2, -0.15) is 9.57 Å². The lowest BCUT2D eigenvalue weighted by Crippen LogP contribution is -2.39. The standard InChI is InChI=1S/C14H14BrFN2O2S/c15-12-1-2-13(16)10-3-6-18(7-11(10)12)21(19,20)9-14(8-17)4-5-14/h1-2H,3-7,9H2. The van der Waals surface area contributed by atoms with E-state index in [1.54, 1.807) is 6.07 Å². The molecule has 1 heterocycles. The second-order valence-corrected chi connectivity index (χ2v) is 8.54. The van der Waals surface area contributed by atoms with Crippen LogP contribution in [0.25, 0.3) is 0 Å². The van der Waals surface area contributed by atoms with Crippen LogP contribution >= 0.6 is 15.9 Å². The van der Waals surface area contributed by atoms with Gasteiger partial charge in [0.15, 0.2) is 0 Å². The van der Waals surface area contributed by atoms with Crippen molar-refractivity contribution in [1.82, 2.24) is 4.31 Å². The second-order valence-electron chi connectivity index (χ2n) is 5.72. The van der Waals surface area contributed by atoms with E-state index < -0.39 is 15.4 Å². The molecule has 1 saturated carbocycles. The smallest absolute Gasteiger partial charge is 0.212 e. The minimum Gasteiger partial charge on any atom is -0.212 e. The lowest BCUT2D eigenvalue weighted by atomic mass is 10.0. The molecule has 1 aromatic carbocycles. The van der Waals surface area contributed by atoms with E-state index in [4.69, 9.17) is 5.26 Å². The summed E-state index contributed by atoms with van der Waals surface area (Å²) >= 11 is 3.36. The third kappa shape index (κ3) is 2.72. The molecule has 1 aromatic rings. The molecule has 0 amide bonds. The van der Waals surface area contributed by atoms with Gasteiger partial charge < -0.3 is 0 Å². The number of halogens is 2. The fourth-order valence-electron chi connectivity index (χ4n) is 2.69. The third-order valence-corrected chi connectivity index (χ3v) is 6.96. The maximum atomic E-state index is 13.8. The SMILES string of the molecule is N#CC1(CS(=O)(=O)N2CCc3c(F)ccc(Br)c3C2)CC1. The molecule has 0 bridgehead atoms. The first kappa shape index (κ1) is 14.9. The van der Waals surface area contributed by atoms with Crippen LogP contribution in [0.2, 0.25) is 0 Å². The van der Waals surface area contributed by atoms with E-state index in [1.807, 2.05) is 0 Å². The fraction of sp³-hybridized carbons (Fsp3) is 0.500.